The van der Waals surface area contributed by atoms with Crippen LogP contribution >= 0.6 is 0 Å². The van der Waals surface area contributed by atoms with Crippen molar-refractivity contribution in [2.45, 2.75) is 36.9 Å². The molecule has 0 aliphatic heterocycles. The van der Waals surface area contributed by atoms with Gasteiger partial charge >= 0.3 is 6.18 Å². The molecule has 1 heterocycles. The van der Waals surface area contributed by atoms with Crippen LogP contribution in [0.2, 0.25) is 0 Å². The zero-order valence-corrected chi connectivity index (χ0v) is 21.8. The van der Waals surface area contributed by atoms with Gasteiger partial charge in [-0.1, -0.05) is 29.8 Å². The van der Waals surface area contributed by atoms with Gasteiger partial charge in [-0.2, -0.15) is 18.3 Å². The maximum Gasteiger partial charge on any atom is 0.435 e. The molecule has 0 aliphatic carbocycles. The maximum atomic E-state index is 13.4. The summed E-state index contributed by atoms with van der Waals surface area (Å²) in [6.45, 7) is 1.91. The van der Waals surface area contributed by atoms with Gasteiger partial charge in [0.2, 0.25) is 12.4 Å². The van der Waals surface area contributed by atoms with E-state index >= 15 is 0 Å². The number of alkyl halides is 3. The summed E-state index contributed by atoms with van der Waals surface area (Å²) in [7, 11) is -4.41. The van der Waals surface area contributed by atoms with Crippen molar-refractivity contribution in [3.8, 4) is 16.9 Å². The number of carbonyl (C=O) groups is 2. The minimum Gasteiger partial charge on any atom is -0.368 e. The third kappa shape index (κ3) is 7.57. The molecular formula is C24H26F3N7O5S. The summed E-state index contributed by atoms with van der Waals surface area (Å²) in [6, 6.07) is 11.2. The Morgan fingerprint density at radius 2 is 1.82 bits per heavy atom. The van der Waals surface area contributed by atoms with Gasteiger partial charge in [-0.25, -0.2) is 23.3 Å². The Bertz CT molecular complexity index is 1470. The van der Waals surface area contributed by atoms with Crippen molar-refractivity contribution in [1.29, 1.82) is 0 Å². The smallest absolute Gasteiger partial charge is 0.368 e. The zero-order valence-electron chi connectivity index (χ0n) is 21.0. The van der Waals surface area contributed by atoms with Crippen LogP contribution in [0.15, 0.2) is 64.5 Å². The number of nitrogens with two attached hydrogens (primary N) is 1. The SMILES string of the molecule is Cc1ccc(-c2cc(C(F)(F)F)nn2-c2ccc(S(=O)(=O)NC(=O)[C@H](CCCN=C(N)NO)NC=O)cc2)cc1. The Labute approximate surface area is 227 Å². The summed E-state index contributed by atoms with van der Waals surface area (Å²) < 4.78 is 68.9. The third-order valence-corrected chi connectivity index (χ3v) is 6.97. The monoisotopic (exact) mass is 581 g/mol. The van der Waals surface area contributed by atoms with Gasteiger partial charge in [-0.05, 0) is 50.1 Å². The second-order valence-corrected chi connectivity index (χ2v) is 10.2. The first-order chi connectivity index (χ1) is 18.9. The van der Waals surface area contributed by atoms with Crippen LogP contribution in [-0.4, -0.2) is 54.3 Å². The summed E-state index contributed by atoms with van der Waals surface area (Å²) in [5.74, 6) is -1.27. The fraction of sp³-hybridized carbons (Fsp3) is 0.250. The molecule has 0 spiro atoms. The lowest BCUT2D eigenvalue weighted by molar-refractivity contribution is -0.141. The van der Waals surface area contributed by atoms with Gasteiger partial charge in [-0.15, -0.1) is 0 Å². The normalized spacial score (nSPS) is 13.0. The quantitative estimate of drug-likeness (QED) is 0.0748. The highest BCUT2D eigenvalue weighted by molar-refractivity contribution is 7.90. The lowest BCUT2D eigenvalue weighted by atomic mass is 10.1. The molecule has 0 radical (unpaired) electrons. The van der Waals surface area contributed by atoms with Crippen LogP contribution in [0.1, 0.15) is 24.1 Å². The second kappa shape index (κ2) is 12.6. The van der Waals surface area contributed by atoms with E-state index in [0.29, 0.717) is 5.56 Å². The summed E-state index contributed by atoms with van der Waals surface area (Å²) >= 11 is 0. The Balaban J connectivity index is 1.82. The van der Waals surface area contributed by atoms with Gasteiger partial charge in [0.15, 0.2) is 5.69 Å². The van der Waals surface area contributed by atoms with Crippen LogP contribution in [0.4, 0.5) is 13.2 Å². The number of carbonyl (C=O) groups excluding carboxylic acids is 2. The van der Waals surface area contributed by atoms with Crippen molar-refractivity contribution < 1.29 is 36.4 Å². The van der Waals surface area contributed by atoms with Crippen molar-refractivity contribution >= 4 is 28.3 Å². The van der Waals surface area contributed by atoms with E-state index in [0.717, 1.165) is 28.4 Å². The first-order valence-corrected chi connectivity index (χ1v) is 13.1. The second-order valence-electron chi connectivity index (χ2n) is 8.51. The standard InChI is InChI=1S/C24H26F3N7O5S/c1-15-4-6-16(7-5-15)20-13-21(24(25,26)27)31-34(20)17-8-10-18(11-9-17)40(38,39)33-22(36)19(30-14-35)3-2-12-29-23(28)32-37/h4-11,13-14,19,37H,2-3,12H2,1H3,(H,30,35)(H,33,36)(H3,28,29,32)/t19-/m0/s1. The molecule has 3 aromatic rings. The fourth-order valence-electron chi connectivity index (χ4n) is 3.58. The Kier molecular flexibility index (Phi) is 9.49. The topological polar surface area (TPSA) is 181 Å². The molecule has 0 bridgehead atoms. The molecule has 16 heteroatoms. The van der Waals surface area contributed by atoms with E-state index in [1.165, 1.54) is 12.1 Å². The van der Waals surface area contributed by atoms with Crippen molar-refractivity contribution in [1.82, 2.24) is 25.3 Å². The van der Waals surface area contributed by atoms with Crippen LogP contribution in [0.3, 0.4) is 0 Å². The van der Waals surface area contributed by atoms with Gasteiger partial charge in [0, 0.05) is 12.1 Å². The Morgan fingerprint density at radius 3 is 2.40 bits per heavy atom. The van der Waals surface area contributed by atoms with Gasteiger partial charge < -0.3 is 11.1 Å². The van der Waals surface area contributed by atoms with Gasteiger partial charge in [0.25, 0.3) is 15.9 Å². The molecule has 40 heavy (non-hydrogen) atoms. The fourth-order valence-corrected chi connectivity index (χ4v) is 4.60. The number of hydrogen-bond acceptors (Lipinski definition) is 7. The van der Waals surface area contributed by atoms with E-state index in [1.807, 2.05) is 11.6 Å². The number of aromatic nitrogens is 2. The summed E-state index contributed by atoms with van der Waals surface area (Å²) in [4.78, 5) is 26.9. The van der Waals surface area contributed by atoms with Crippen molar-refractivity contribution in [2.24, 2.45) is 10.7 Å². The number of benzene rings is 2. The molecule has 0 aliphatic rings. The van der Waals surface area contributed by atoms with E-state index < -0.39 is 33.8 Å². The molecule has 2 amide bonds. The molecule has 0 saturated carbocycles. The predicted molar refractivity (Wildman–Crippen MR) is 138 cm³/mol. The minimum absolute atomic E-state index is 0.00383. The average molecular weight is 582 g/mol. The number of amides is 2. The van der Waals surface area contributed by atoms with E-state index in [-0.39, 0.29) is 48.0 Å². The van der Waals surface area contributed by atoms with Crippen LogP contribution < -0.4 is 21.3 Å². The van der Waals surface area contributed by atoms with Crippen LogP contribution in [-0.2, 0) is 25.8 Å². The number of rotatable bonds is 11. The number of hydroxylamine groups is 1. The Morgan fingerprint density at radius 1 is 1.18 bits per heavy atom. The molecule has 12 nitrogen and oxygen atoms in total. The van der Waals surface area contributed by atoms with Crippen molar-refractivity contribution in [3.63, 3.8) is 0 Å². The number of aliphatic imine (C=N–C) groups is 1. The average Bonchev–Trinajstić information content (AvgIpc) is 3.37. The van der Waals surface area contributed by atoms with Crippen LogP contribution in [0, 0.1) is 6.92 Å². The molecule has 0 unspecified atom stereocenters. The lowest BCUT2D eigenvalue weighted by Gasteiger charge is -2.16. The number of guanidine groups is 1. The minimum atomic E-state index is -4.71. The number of aryl methyl sites for hydroxylation is 1. The zero-order chi connectivity index (χ0) is 29.5. The number of hydrogen-bond donors (Lipinski definition) is 5. The van der Waals surface area contributed by atoms with Gasteiger partial charge in [0.1, 0.15) is 6.04 Å². The van der Waals surface area contributed by atoms with Crippen LogP contribution in [0.25, 0.3) is 16.9 Å². The number of nitrogens with one attached hydrogen (secondary N) is 3. The maximum absolute atomic E-state index is 13.4. The van der Waals surface area contributed by atoms with Crippen LogP contribution in [0.5, 0.6) is 0 Å². The highest BCUT2D eigenvalue weighted by atomic mass is 32.2. The van der Waals surface area contributed by atoms with E-state index in [2.05, 4.69) is 15.4 Å². The number of nitrogens with zero attached hydrogens (tertiary/aromatic N) is 3. The molecule has 3 rings (SSSR count). The van der Waals surface area contributed by atoms with E-state index in [1.54, 1.807) is 29.7 Å². The first kappa shape index (κ1) is 30.1. The number of sulfonamides is 1. The van der Waals surface area contributed by atoms with E-state index in [4.69, 9.17) is 10.9 Å². The molecule has 1 aromatic heterocycles. The molecule has 2 aromatic carbocycles. The summed E-state index contributed by atoms with van der Waals surface area (Å²) in [5, 5.41) is 14.5. The Hall–Kier alpha value is -4.44. The molecule has 0 saturated heterocycles. The molecule has 0 fully saturated rings. The lowest BCUT2D eigenvalue weighted by Crippen LogP contribution is -2.45. The predicted octanol–water partition coefficient (Wildman–Crippen LogP) is 1.86. The first-order valence-electron chi connectivity index (χ1n) is 11.7. The highest BCUT2D eigenvalue weighted by Crippen LogP contribution is 2.33. The van der Waals surface area contributed by atoms with Crippen molar-refractivity contribution in [3.05, 3.63) is 65.9 Å². The van der Waals surface area contributed by atoms with Crippen molar-refractivity contribution in [2.75, 3.05) is 6.54 Å². The molecule has 6 N–H and O–H groups in total. The largest absolute Gasteiger partial charge is 0.435 e. The third-order valence-electron chi connectivity index (χ3n) is 5.61. The summed E-state index contributed by atoms with van der Waals surface area (Å²) in [6.07, 6.45) is -4.25. The molecule has 214 valence electrons. The summed E-state index contributed by atoms with van der Waals surface area (Å²) in [5.41, 5.74) is 7.43. The van der Waals surface area contributed by atoms with E-state index in [9.17, 15) is 31.2 Å². The van der Waals surface area contributed by atoms with Gasteiger partial charge in [0.05, 0.1) is 16.3 Å². The molecule has 1 atom stereocenters. The molecular weight excluding hydrogens is 555 g/mol. The number of halogens is 3. The highest BCUT2D eigenvalue weighted by Gasteiger charge is 2.35. The van der Waals surface area contributed by atoms with Gasteiger partial charge in [-0.3, -0.25) is 19.8 Å².